The number of halogens is 4. The molecule has 1 N–H and O–H groups in total. The first-order valence-electron chi connectivity index (χ1n) is 9.78. The Hall–Kier alpha value is -2.14. The fraction of sp³-hybridized carbons (Fsp3) is 0.381. The van der Waals surface area contributed by atoms with Crippen molar-refractivity contribution in [2.24, 2.45) is 0 Å². The van der Waals surface area contributed by atoms with E-state index in [2.05, 4.69) is 9.46 Å². The van der Waals surface area contributed by atoms with Crippen molar-refractivity contribution in [3.05, 3.63) is 64.2 Å². The number of hydrogen-bond donors (Lipinski definition) is 1. The van der Waals surface area contributed by atoms with E-state index in [0.717, 1.165) is 12.1 Å². The Labute approximate surface area is 189 Å². The molecule has 2 aromatic carbocycles. The standard InChI is InChI=1S/C21H22ClF3N2O4S/c1-31-20(28)15-5-6-19(18(22)12-15)32(29,30)26-17-7-9-27(10-8-17)13-14-3-2-4-16(11-14)21(23,24)25/h2-6,11-12,17,26H,7-10,13H2,1H3. The highest BCUT2D eigenvalue weighted by molar-refractivity contribution is 7.89. The number of carbonyl (C=O) groups excluding carboxylic acids is 1. The summed E-state index contributed by atoms with van der Waals surface area (Å²) >= 11 is 6.08. The monoisotopic (exact) mass is 490 g/mol. The minimum Gasteiger partial charge on any atom is -0.465 e. The molecule has 1 saturated heterocycles. The highest BCUT2D eigenvalue weighted by atomic mass is 35.5. The number of alkyl halides is 3. The molecule has 11 heteroatoms. The molecular weight excluding hydrogens is 469 g/mol. The van der Waals surface area contributed by atoms with Gasteiger partial charge >= 0.3 is 12.1 Å². The number of nitrogens with zero attached hydrogens (tertiary/aromatic N) is 1. The molecule has 0 atom stereocenters. The molecule has 0 aromatic heterocycles. The summed E-state index contributed by atoms with van der Waals surface area (Å²) in [6.07, 6.45) is -3.40. The average molecular weight is 491 g/mol. The van der Waals surface area contributed by atoms with Crippen molar-refractivity contribution in [1.29, 1.82) is 0 Å². The number of methoxy groups -OCH3 is 1. The summed E-state index contributed by atoms with van der Waals surface area (Å²) in [6.45, 7) is 1.40. The van der Waals surface area contributed by atoms with E-state index in [9.17, 15) is 26.4 Å². The molecule has 0 aliphatic carbocycles. The third kappa shape index (κ3) is 6.00. The molecule has 174 valence electrons. The smallest absolute Gasteiger partial charge is 0.416 e. The van der Waals surface area contributed by atoms with Gasteiger partial charge in [-0.2, -0.15) is 13.2 Å². The van der Waals surface area contributed by atoms with Gasteiger partial charge in [-0.1, -0.05) is 29.8 Å². The van der Waals surface area contributed by atoms with Gasteiger partial charge in [0.2, 0.25) is 10.0 Å². The average Bonchev–Trinajstić information content (AvgIpc) is 2.73. The lowest BCUT2D eigenvalue weighted by molar-refractivity contribution is -0.137. The highest BCUT2D eigenvalue weighted by Gasteiger charge is 2.31. The Morgan fingerprint density at radius 1 is 1.19 bits per heavy atom. The number of nitrogens with one attached hydrogen (secondary N) is 1. The van der Waals surface area contributed by atoms with E-state index in [0.29, 0.717) is 38.0 Å². The van der Waals surface area contributed by atoms with Crippen LogP contribution in [0.4, 0.5) is 13.2 Å². The fourth-order valence-electron chi connectivity index (χ4n) is 3.56. The second-order valence-electron chi connectivity index (χ2n) is 7.51. The van der Waals surface area contributed by atoms with Gasteiger partial charge in [-0.05, 0) is 42.7 Å². The van der Waals surface area contributed by atoms with Crippen LogP contribution in [-0.4, -0.2) is 45.5 Å². The zero-order chi connectivity index (χ0) is 23.5. The summed E-state index contributed by atoms with van der Waals surface area (Å²) < 4.78 is 71.4. The minimum atomic E-state index is -4.39. The molecule has 0 unspecified atom stereocenters. The number of piperidine rings is 1. The summed E-state index contributed by atoms with van der Waals surface area (Å²) in [7, 11) is -2.71. The molecule has 1 fully saturated rings. The molecule has 3 rings (SSSR count). The van der Waals surface area contributed by atoms with Gasteiger partial charge in [0.25, 0.3) is 0 Å². The van der Waals surface area contributed by atoms with Gasteiger partial charge in [0.1, 0.15) is 4.90 Å². The zero-order valence-electron chi connectivity index (χ0n) is 17.2. The second kappa shape index (κ2) is 9.78. The lowest BCUT2D eigenvalue weighted by atomic mass is 10.0. The molecule has 0 saturated carbocycles. The summed E-state index contributed by atoms with van der Waals surface area (Å²) in [6, 6.07) is 8.66. The predicted molar refractivity (Wildman–Crippen MR) is 113 cm³/mol. The van der Waals surface area contributed by atoms with Gasteiger partial charge in [0.05, 0.1) is 23.3 Å². The van der Waals surface area contributed by atoms with Crippen molar-refractivity contribution < 1.29 is 31.1 Å². The van der Waals surface area contributed by atoms with Gasteiger partial charge in [-0.15, -0.1) is 0 Å². The molecular formula is C21H22ClF3N2O4S. The maximum absolute atomic E-state index is 12.9. The van der Waals surface area contributed by atoms with Crippen LogP contribution < -0.4 is 4.72 Å². The summed E-state index contributed by atoms with van der Waals surface area (Å²) in [4.78, 5) is 13.4. The van der Waals surface area contributed by atoms with Gasteiger partial charge in [-0.3, -0.25) is 4.90 Å². The van der Waals surface area contributed by atoms with E-state index in [1.54, 1.807) is 6.07 Å². The third-order valence-electron chi connectivity index (χ3n) is 5.21. The molecule has 1 heterocycles. The number of rotatable bonds is 6. The van der Waals surface area contributed by atoms with Gasteiger partial charge in [-0.25, -0.2) is 17.9 Å². The molecule has 6 nitrogen and oxygen atoms in total. The Balaban J connectivity index is 1.59. The number of hydrogen-bond acceptors (Lipinski definition) is 5. The van der Waals surface area contributed by atoms with Crippen molar-refractivity contribution in [3.8, 4) is 0 Å². The van der Waals surface area contributed by atoms with Crippen LogP contribution in [0, 0.1) is 0 Å². The van der Waals surface area contributed by atoms with Crippen LogP contribution in [-0.2, 0) is 27.5 Å². The number of sulfonamides is 1. The van der Waals surface area contributed by atoms with E-state index in [1.165, 1.54) is 31.4 Å². The van der Waals surface area contributed by atoms with E-state index >= 15 is 0 Å². The Morgan fingerprint density at radius 3 is 2.47 bits per heavy atom. The first-order chi connectivity index (χ1) is 15.0. The van der Waals surface area contributed by atoms with Crippen molar-refractivity contribution in [1.82, 2.24) is 9.62 Å². The molecule has 0 radical (unpaired) electrons. The number of ether oxygens (including phenoxy) is 1. The van der Waals surface area contributed by atoms with E-state index in [-0.39, 0.29) is 21.5 Å². The summed E-state index contributed by atoms with van der Waals surface area (Å²) in [5, 5.41) is -0.0950. The molecule has 0 bridgehead atoms. The number of esters is 1. The maximum Gasteiger partial charge on any atom is 0.416 e. The SMILES string of the molecule is COC(=O)c1ccc(S(=O)(=O)NC2CCN(Cc3cccc(C(F)(F)F)c3)CC2)c(Cl)c1. The lowest BCUT2D eigenvalue weighted by Gasteiger charge is -2.32. The topological polar surface area (TPSA) is 75.7 Å². The second-order valence-corrected chi connectivity index (χ2v) is 9.60. The molecule has 2 aromatic rings. The fourth-order valence-corrected chi connectivity index (χ4v) is 5.41. The van der Waals surface area contributed by atoms with Crippen LogP contribution in [0.2, 0.25) is 5.02 Å². The van der Waals surface area contributed by atoms with E-state index < -0.39 is 27.7 Å². The quantitative estimate of drug-likeness (QED) is 0.617. The maximum atomic E-state index is 12.9. The largest absolute Gasteiger partial charge is 0.465 e. The molecule has 32 heavy (non-hydrogen) atoms. The Morgan fingerprint density at radius 2 is 1.88 bits per heavy atom. The van der Waals surface area contributed by atoms with Gasteiger partial charge < -0.3 is 4.74 Å². The summed E-state index contributed by atoms with van der Waals surface area (Å²) in [5.41, 5.74) is 0.00317. The molecule has 0 amide bonds. The zero-order valence-corrected chi connectivity index (χ0v) is 18.7. The van der Waals surface area contributed by atoms with Crippen molar-refractivity contribution in [2.45, 2.75) is 36.5 Å². The van der Waals surface area contributed by atoms with Crippen LogP contribution in [0.15, 0.2) is 47.4 Å². The van der Waals surface area contributed by atoms with Crippen LogP contribution >= 0.6 is 11.6 Å². The van der Waals surface area contributed by atoms with Crippen molar-refractivity contribution in [3.63, 3.8) is 0 Å². The van der Waals surface area contributed by atoms with Crippen LogP contribution in [0.3, 0.4) is 0 Å². The van der Waals surface area contributed by atoms with Crippen LogP contribution in [0.5, 0.6) is 0 Å². The van der Waals surface area contributed by atoms with Gasteiger partial charge in [0.15, 0.2) is 0 Å². The van der Waals surface area contributed by atoms with Gasteiger partial charge in [0, 0.05) is 25.7 Å². The van der Waals surface area contributed by atoms with Crippen molar-refractivity contribution >= 4 is 27.6 Å². The first-order valence-corrected chi connectivity index (χ1v) is 11.6. The minimum absolute atomic E-state index is 0.0950. The molecule has 0 spiro atoms. The van der Waals surface area contributed by atoms with Crippen molar-refractivity contribution in [2.75, 3.05) is 20.2 Å². The van der Waals surface area contributed by atoms with Crippen LogP contribution in [0.25, 0.3) is 0 Å². The first kappa shape index (κ1) is 24.5. The predicted octanol–water partition coefficient (Wildman–Crippen LogP) is 4.09. The highest BCUT2D eigenvalue weighted by Crippen LogP contribution is 2.30. The number of carbonyl (C=O) groups is 1. The third-order valence-corrected chi connectivity index (χ3v) is 7.22. The van der Waals surface area contributed by atoms with E-state index in [1.807, 2.05) is 4.90 Å². The van der Waals surface area contributed by atoms with Crippen LogP contribution in [0.1, 0.15) is 34.3 Å². The Kier molecular flexibility index (Phi) is 7.49. The number of likely N-dealkylation sites (tertiary alicyclic amines) is 1. The molecule has 1 aliphatic rings. The Bertz CT molecular complexity index is 1080. The lowest BCUT2D eigenvalue weighted by Crippen LogP contribution is -2.44. The molecule has 1 aliphatic heterocycles. The number of benzene rings is 2. The summed E-state index contributed by atoms with van der Waals surface area (Å²) in [5.74, 6) is -0.628. The van der Waals surface area contributed by atoms with E-state index in [4.69, 9.17) is 11.6 Å². The normalized spacial score (nSPS) is 16.2.